The van der Waals surface area contributed by atoms with Crippen molar-refractivity contribution in [3.8, 4) is 0 Å². The molecule has 82 valence electrons. The van der Waals surface area contributed by atoms with Crippen LogP contribution in [0.5, 0.6) is 0 Å². The van der Waals surface area contributed by atoms with Gasteiger partial charge in [0.25, 0.3) is 0 Å². The summed E-state index contributed by atoms with van der Waals surface area (Å²) < 4.78 is 0. The molecule has 0 amide bonds. The highest BCUT2D eigenvalue weighted by atomic mass is 32.2. The van der Waals surface area contributed by atoms with Crippen LogP contribution in [0.2, 0.25) is 0 Å². The van der Waals surface area contributed by atoms with E-state index in [1.165, 1.54) is 11.8 Å². The summed E-state index contributed by atoms with van der Waals surface area (Å²) in [5.41, 5.74) is 1.78. The molecule has 0 atom stereocenters. The normalized spacial score (nSPS) is 10.6. The Labute approximate surface area is 97.5 Å². The fourth-order valence-electron chi connectivity index (χ4n) is 1.53. The molecule has 0 aliphatic rings. The SMILES string of the molecule is Cc1cc(SCC(=O)[O-])c2ccccc2n1. The molecule has 0 fully saturated rings. The molecule has 0 aliphatic heterocycles. The molecule has 0 radical (unpaired) electrons. The average Bonchev–Trinajstić information content (AvgIpc) is 2.25. The first-order valence-electron chi connectivity index (χ1n) is 4.86. The Morgan fingerprint density at radius 3 is 2.94 bits per heavy atom. The topological polar surface area (TPSA) is 53.0 Å². The Bertz CT molecular complexity index is 540. The van der Waals surface area contributed by atoms with Crippen molar-refractivity contribution in [2.24, 2.45) is 0 Å². The van der Waals surface area contributed by atoms with Crippen molar-refractivity contribution >= 4 is 28.6 Å². The van der Waals surface area contributed by atoms with Gasteiger partial charge in [-0.15, -0.1) is 11.8 Å². The number of aromatic nitrogens is 1. The number of benzene rings is 1. The molecule has 0 saturated carbocycles. The van der Waals surface area contributed by atoms with Crippen LogP contribution in [-0.2, 0) is 4.79 Å². The van der Waals surface area contributed by atoms with Gasteiger partial charge in [-0.1, -0.05) is 18.2 Å². The summed E-state index contributed by atoms with van der Waals surface area (Å²) in [6, 6.07) is 9.60. The maximum atomic E-state index is 10.4. The molecule has 0 bridgehead atoms. The molecule has 4 heteroatoms. The number of rotatable bonds is 3. The van der Waals surface area contributed by atoms with E-state index in [0.717, 1.165) is 21.5 Å². The number of hydrogen-bond donors (Lipinski definition) is 0. The molecule has 0 N–H and O–H groups in total. The smallest absolute Gasteiger partial charge is 0.0716 e. The molecule has 1 aromatic heterocycles. The van der Waals surface area contributed by atoms with Crippen molar-refractivity contribution in [3.63, 3.8) is 0 Å². The van der Waals surface area contributed by atoms with Gasteiger partial charge in [-0.3, -0.25) is 4.98 Å². The number of aryl methyl sites for hydroxylation is 1. The average molecular weight is 232 g/mol. The number of fused-ring (bicyclic) bond motifs is 1. The predicted octanol–water partition coefficient (Wildman–Crippen LogP) is 1.39. The van der Waals surface area contributed by atoms with Crippen molar-refractivity contribution in [1.29, 1.82) is 0 Å². The van der Waals surface area contributed by atoms with Gasteiger partial charge in [0.15, 0.2) is 0 Å². The summed E-state index contributed by atoms with van der Waals surface area (Å²) in [6.45, 7) is 1.90. The molecule has 2 aromatic rings. The third kappa shape index (κ3) is 2.33. The van der Waals surface area contributed by atoms with Gasteiger partial charge in [-0.25, -0.2) is 0 Å². The fourth-order valence-corrected chi connectivity index (χ4v) is 2.38. The third-order valence-corrected chi connectivity index (χ3v) is 3.18. The highest BCUT2D eigenvalue weighted by Gasteiger charge is 2.03. The Balaban J connectivity index is 2.46. The first-order chi connectivity index (χ1) is 7.66. The van der Waals surface area contributed by atoms with Crippen molar-refractivity contribution in [3.05, 3.63) is 36.0 Å². The number of carbonyl (C=O) groups excluding carboxylic acids is 1. The van der Waals surface area contributed by atoms with E-state index in [0.29, 0.717) is 0 Å². The Morgan fingerprint density at radius 1 is 1.44 bits per heavy atom. The Morgan fingerprint density at radius 2 is 2.19 bits per heavy atom. The van der Waals surface area contributed by atoms with Crippen LogP contribution >= 0.6 is 11.8 Å². The van der Waals surface area contributed by atoms with E-state index in [1.54, 1.807) is 0 Å². The van der Waals surface area contributed by atoms with Gasteiger partial charge in [-0.2, -0.15) is 0 Å². The first kappa shape index (κ1) is 11.0. The number of carbonyl (C=O) groups is 1. The van der Waals surface area contributed by atoms with Gasteiger partial charge in [0.2, 0.25) is 0 Å². The number of carboxylic acids is 1. The molecular formula is C12H10NO2S-. The van der Waals surface area contributed by atoms with E-state index in [9.17, 15) is 9.90 Å². The lowest BCUT2D eigenvalue weighted by molar-refractivity contribution is -0.301. The van der Waals surface area contributed by atoms with Crippen LogP contribution in [-0.4, -0.2) is 16.7 Å². The number of carboxylic acid groups (broad SMARTS) is 1. The number of aliphatic carboxylic acids is 1. The van der Waals surface area contributed by atoms with E-state index >= 15 is 0 Å². The van der Waals surface area contributed by atoms with Gasteiger partial charge >= 0.3 is 0 Å². The summed E-state index contributed by atoms with van der Waals surface area (Å²) in [7, 11) is 0. The zero-order chi connectivity index (χ0) is 11.5. The van der Waals surface area contributed by atoms with Gasteiger partial charge in [-0.05, 0) is 19.1 Å². The molecule has 1 aromatic carbocycles. The number of pyridine rings is 1. The zero-order valence-corrected chi connectivity index (χ0v) is 9.58. The minimum absolute atomic E-state index is 0.0343. The summed E-state index contributed by atoms with van der Waals surface area (Å²) in [5.74, 6) is -1.09. The molecule has 0 spiro atoms. The van der Waals surface area contributed by atoms with Crippen LogP contribution in [0.4, 0.5) is 0 Å². The number of hydrogen-bond acceptors (Lipinski definition) is 4. The highest BCUT2D eigenvalue weighted by molar-refractivity contribution is 8.00. The molecule has 16 heavy (non-hydrogen) atoms. The summed E-state index contributed by atoms with van der Waals surface area (Å²) in [6.07, 6.45) is 0. The fraction of sp³-hybridized carbons (Fsp3) is 0.167. The Hall–Kier alpha value is -1.55. The quantitative estimate of drug-likeness (QED) is 0.750. The van der Waals surface area contributed by atoms with Crippen molar-refractivity contribution in [2.45, 2.75) is 11.8 Å². The van der Waals surface area contributed by atoms with Crippen LogP contribution in [0, 0.1) is 6.92 Å². The molecule has 0 aliphatic carbocycles. The van der Waals surface area contributed by atoms with E-state index < -0.39 is 5.97 Å². The minimum Gasteiger partial charge on any atom is -0.549 e. The van der Waals surface area contributed by atoms with Crippen LogP contribution in [0.25, 0.3) is 10.9 Å². The minimum atomic E-state index is -1.05. The van der Waals surface area contributed by atoms with Gasteiger partial charge in [0, 0.05) is 21.7 Å². The van der Waals surface area contributed by atoms with Crippen LogP contribution in [0.15, 0.2) is 35.2 Å². The lowest BCUT2D eigenvalue weighted by atomic mass is 10.2. The molecule has 3 nitrogen and oxygen atoms in total. The van der Waals surface area contributed by atoms with Gasteiger partial charge in [0.05, 0.1) is 11.5 Å². The summed E-state index contributed by atoms with van der Waals surface area (Å²) in [4.78, 5) is 15.8. The second kappa shape index (κ2) is 4.53. The number of nitrogens with zero attached hydrogens (tertiary/aromatic N) is 1. The summed E-state index contributed by atoms with van der Waals surface area (Å²) >= 11 is 1.27. The molecule has 0 saturated heterocycles. The second-order valence-corrected chi connectivity index (χ2v) is 4.46. The molecular weight excluding hydrogens is 222 g/mol. The van der Waals surface area contributed by atoms with Crippen molar-refractivity contribution < 1.29 is 9.90 Å². The lowest BCUT2D eigenvalue weighted by Gasteiger charge is -2.07. The summed E-state index contributed by atoms with van der Waals surface area (Å²) in [5, 5.41) is 11.4. The molecule has 1 heterocycles. The largest absolute Gasteiger partial charge is 0.549 e. The third-order valence-electron chi connectivity index (χ3n) is 2.15. The molecule has 0 unspecified atom stereocenters. The van der Waals surface area contributed by atoms with E-state index in [-0.39, 0.29) is 5.75 Å². The second-order valence-electron chi connectivity index (χ2n) is 3.44. The predicted molar refractivity (Wildman–Crippen MR) is 62.2 cm³/mol. The number of thioether (sulfide) groups is 1. The Kier molecular flexibility index (Phi) is 3.10. The van der Waals surface area contributed by atoms with Gasteiger partial charge < -0.3 is 9.90 Å². The highest BCUT2D eigenvalue weighted by Crippen LogP contribution is 2.27. The first-order valence-corrected chi connectivity index (χ1v) is 5.84. The maximum Gasteiger partial charge on any atom is 0.0716 e. The number of para-hydroxylation sites is 1. The van der Waals surface area contributed by atoms with Crippen LogP contribution in [0.3, 0.4) is 0 Å². The van der Waals surface area contributed by atoms with E-state index in [1.807, 2.05) is 37.3 Å². The van der Waals surface area contributed by atoms with Crippen LogP contribution in [0.1, 0.15) is 5.69 Å². The molecule has 2 rings (SSSR count). The van der Waals surface area contributed by atoms with Crippen molar-refractivity contribution in [1.82, 2.24) is 4.98 Å². The van der Waals surface area contributed by atoms with Crippen molar-refractivity contribution in [2.75, 3.05) is 5.75 Å². The van der Waals surface area contributed by atoms with E-state index in [2.05, 4.69) is 4.98 Å². The van der Waals surface area contributed by atoms with E-state index in [4.69, 9.17) is 0 Å². The van der Waals surface area contributed by atoms with Gasteiger partial charge in [0.1, 0.15) is 0 Å². The monoisotopic (exact) mass is 232 g/mol. The zero-order valence-electron chi connectivity index (χ0n) is 8.77. The van der Waals surface area contributed by atoms with Crippen LogP contribution < -0.4 is 5.11 Å². The standard InChI is InChI=1S/C12H11NO2S/c1-8-6-11(16-7-12(14)15)9-4-2-3-5-10(9)13-8/h2-6H,7H2,1H3,(H,14,15)/p-1. The lowest BCUT2D eigenvalue weighted by Crippen LogP contribution is -2.24. The maximum absolute atomic E-state index is 10.4.